The Bertz CT molecular complexity index is 750. The van der Waals surface area contributed by atoms with Crippen molar-refractivity contribution in [2.24, 2.45) is 4.99 Å². The summed E-state index contributed by atoms with van der Waals surface area (Å²) in [5.74, 6) is 0.482. The summed E-state index contributed by atoms with van der Waals surface area (Å²) >= 11 is 0. The largest absolute Gasteiger partial charge is 0.494 e. The van der Waals surface area contributed by atoms with Crippen LogP contribution in [0, 0.1) is 0 Å². The van der Waals surface area contributed by atoms with Crippen molar-refractivity contribution in [1.29, 1.82) is 0 Å². The molecule has 0 amide bonds. The standard InChI is InChI=1S/C18H17NO3/c1-21-16-8-4-6-13-11-15(19-17(13)16)10-12-5-3-7-14(9-12)18(20)22-2/h3-9H,10-11H2,1-2H3. The lowest BCUT2D eigenvalue weighted by molar-refractivity contribution is 0.0600. The van der Waals surface area contributed by atoms with Crippen LogP contribution in [0.4, 0.5) is 5.69 Å². The Kier molecular flexibility index (Phi) is 3.92. The van der Waals surface area contributed by atoms with Gasteiger partial charge in [0.1, 0.15) is 11.4 Å². The number of nitrogens with zero attached hydrogens (tertiary/aromatic N) is 1. The fourth-order valence-electron chi connectivity index (χ4n) is 2.68. The van der Waals surface area contributed by atoms with Crippen LogP contribution in [0.5, 0.6) is 5.75 Å². The number of fused-ring (bicyclic) bond motifs is 1. The van der Waals surface area contributed by atoms with Crippen molar-refractivity contribution >= 4 is 17.4 Å². The molecule has 2 aromatic rings. The first-order chi connectivity index (χ1) is 10.7. The summed E-state index contributed by atoms with van der Waals surface area (Å²) in [6, 6.07) is 13.4. The Morgan fingerprint density at radius 3 is 2.77 bits per heavy atom. The second kappa shape index (κ2) is 6.02. The number of methoxy groups -OCH3 is 2. The highest BCUT2D eigenvalue weighted by Crippen LogP contribution is 2.36. The van der Waals surface area contributed by atoms with Crippen molar-refractivity contribution in [3.05, 3.63) is 59.2 Å². The molecule has 3 rings (SSSR count). The van der Waals surface area contributed by atoms with Gasteiger partial charge < -0.3 is 9.47 Å². The second-order valence-corrected chi connectivity index (χ2v) is 5.19. The first kappa shape index (κ1) is 14.3. The highest BCUT2D eigenvalue weighted by atomic mass is 16.5. The van der Waals surface area contributed by atoms with E-state index in [0.717, 1.165) is 29.1 Å². The van der Waals surface area contributed by atoms with Gasteiger partial charge in [-0.1, -0.05) is 24.3 Å². The predicted octanol–water partition coefficient (Wildman–Crippen LogP) is 3.35. The number of benzene rings is 2. The SMILES string of the molecule is COC(=O)c1cccc(CC2=Nc3c(cccc3OC)C2)c1. The van der Waals surface area contributed by atoms with Crippen LogP contribution >= 0.6 is 0 Å². The van der Waals surface area contributed by atoms with E-state index >= 15 is 0 Å². The topological polar surface area (TPSA) is 47.9 Å². The van der Waals surface area contributed by atoms with Crippen molar-refractivity contribution < 1.29 is 14.3 Å². The van der Waals surface area contributed by atoms with E-state index < -0.39 is 0 Å². The van der Waals surface area contributed by atoms with Crippen LogP contribution < -0.4 is 4.74 Å². The van der Waals surface area contributed by atoms with Crippen LogP contribution in [0.3, 0.4) is 0 Å². The minimum Gasteiger partial charge on any atom is -0.494 e. The zero-order valence-corrected chi connectivity index (χ0v) is 12.6. The Labute approximate surface area is 129 Å². The molecule has 0 aliphatic carbocycles. The van der Waals surface area contributed by atoms with E-state index in [4.69, 9.17) is 9.47 Å². The van der Waals surface area contributed by atoms with Crippen LogP contribution in [0.15, 0.2) is 47.5 Å². The van der Waals surface area contributed by atoms with Crippen molar-refractivity contribution in [2.45, 2.75) is 12.8 Å². The lowest BCUT2D eigenvalue weighted by Crippen LogP contribution is -2.05. The lowest BCUT2D eigenvalue weighted by Gasteiger charge is -2.04. The van der Waals surface area contributed by atoms with Crippen LogP contribution in [0.1, 0.15) is 21.5 Å². The van der Waals surface area contributed by atoms with Gasteiger partial charge in [0, 0.05) is 18.6 Å². The monoisotopic (exact) mass is 295 g/mol. The van der Waals surface area contributed by atoms with E-state index in [-0.39, 0.29) is 5.97 Å². The third kappa shape index (κ3) is 2.72. The first-order valence-electron chi connectivity index (χ1n) is 7.11. The van der Waals surface area contributed by atoms with Gasteiger partial charge in [0.2, 0.25) is 0 Å². The normalized spacial score (nSPS) is 12.5. The van der Waals surface area contributed by atoms with E-state index in [1.54, 1.807) is 13.2 Å². The summed E-state index contributed by atoms with van der Waals surface area (Å²) in [6.45, 7) is 0. The number of carbonyl (C=O) groups is 1. The number of ether oxygens (including phenoxy) is 2. The molecule has 2 aromatic carbocycles. The van der Waals surface area contributed by atoms with Gasteiger partial charge in [-0.2, -0.15) is 0 Å². The van der Waals surface area contributed by atoms with Gasteiger partial charge in [-0.05, 0) is 29.3 Å². The fourth-order valence-corrected chi connectivity index (χ4v) is 2.68. The number of hydrogen-bond acceptors (Lipinski definition) is 4. The average molecular weight is 295 g/mol. The molecule has 1 aliphatic rings. The zero-order chi connectivity index (χ0) is 15.5. The quantitative estimate of drug-likeness (QED) is 0.813. The van der Waals surface area contributed by atoms with Gasteiger partial charge in [-0.3, -0.25) is 4.99 Å². The Morgan fingerprint density at radius 2 is 2.00 bits per heavy atom. The van der Waals surface area contributed by atoms with Gasteiger partial charge >= 0.3 is 5.97 Å². The smallest absolute Gasteiger partial charge is 0.337 e. The van der Waals surface area contributed by atoms with Crippen molar-refractivity contribution in [3.8, 4) is 5.75 Å². The minimum absolute atomic E-state index is 0.319. The molecule has 0 bridgehead atoms. The third-order valence-corrected chi connectivity index (χ3v) is 3.72. The molecule has 0 aromatic heterocycles. The molecule has 1 aliphatic heterocycles. The maximum atomic E-state index is 11.6. The number of para-hydroxylation sites is 1. The van der Waals surface area contributed by atoms with E-state index in [2.05, 4.69) is 11.1 Å². The molecule has 0 atom stereocenters. The Morgan fingerprint density at radius 1 is 1.18 bits per heavy atom. The molecular weight excluding hydrogens is 278 g/mol. The Hall–Kier alpha value is -2.62. The predicted molar refractivity (Wildman–Crippen MR) is 85.3 cm³/mol. The van der Waals surface area contributed by atoms with Crippen molar-refractivity contribution in [2.75, 3.05) is 14.2 Å². The molecule has 0 unspecified atom stereocenters. The summed E-state index contributed by atoms with van der Waals surface area (Å²) in [4.78, 5) is 16.3. The molecule has 0 saturated heterocycles. The molecule has 22 heavy (non-hydrogen) atoms. The van der Waals surface area contributed by atoms with Gasteiger partial charge in [0.15, 0.2) is 0 Å². The van der Waals surface area contributed by atoms with E-state index in [0.29, 0.717) is 12.0 Å². The Balaban J connectivity index is 1.82. The molecule has 0 fully saturated rings. The molecule has 0 spiro atoms. The summed E-state index contributed by atoms with van der Waals surface area (Å²) in [6.07, 6.45) is 1.53. The van der Waals surface area contributed by atoms with Crippen molar-refractivity contribution in [3.63, 3.8) is 0 Å². The summed E-state index contributed by atoms with van der Waals surface area (Å²) in [7, 11) is 3.04. The molecule has 112 valence electrons. The second-order valence-electron chi connectivity index (χ2n) is 5.19. The van der Waals surface area contributed by atoms with E-state index in [1.807, 2.05) is 30.3 Å². The number of aliphatic imine (C=N–C) groups is 1. The van der Waals surface area contributed by atoms with Crippen LogP contribution in [0.25, 0.3) is 0 Å². The molecule has 0 N–H and O–H groups in total. The van der Waals surface area contributed by atoms with Gasteiger partial charge in [0.25, 0.3) is 0 Å². The van der Waals surface area contributed by atoms with Gasteiger partial charge in [-0.25, -0.2) is 4.79 Å². The van der Waals surface area contributed by atoms with Crippen LogP contribution in [0.2, 0.25) is 0 Å². The number of carbonyl (C=O) groups excluding carboxylic acids is 1. The van der Waals surface area contributed by atoms with E-state index in [1.165, 1.54) is 12.7 Å². The maximum Gasteiger partial charge on any atom is 0.337 e. The molecule has 1 heterocycles. The zero-order valence-electron chi connectivity index (χ0n) is 12.6. The third-order valence-electron chi connectivity index (χ3n) is 3.72. The number of esters is 1. The highest BCUT2D eigenvalue weighted by molar-refractivity contribution is 5.97. The minimum atomic E-state index is -0.319. The van der Waals surface area contributed by atoms with Crippen LogP contribution in [-0.2, 0) is 17.6 Å². The number of rotatable bonds is 4. The van der Waals surface area contributed by atoms with Crippen LogP contribution in [-0.4, -0.2) is 25.9 Å². The molecule has 0 radical (unpaired) electrons. The van der Waals surface area contributed by atoms with E-state index in [9.17, 15) is 4.79 Å². The molecule has 4 nitrogen and oxygen atoms in total. The fraction of sp³-hybridized carbons (Fsp3) is 0.222. The molecule has 4 heteroatoms. The maximum absolute atomic E-state index is 11.6. The summed E-state index contributed by atoms with van der Waals surface area (Å²) < 4.78 is 10.1. The molecular formula is C18H17NO3. The summed E-state index contributed by atoms with van der Waals surface area (Å²) in [5, 5.41) is 0. The lowest BCUT2D eigenvalue weighted by atomic mass is 10.0. The van der Waals surface area contributed by atoms with Gasteiger partial charge in [-0.15, -0.1) is 0 Å². The first-order valence-corrected chi connectivity index (χ1v) is 7.11. The van der Waals surface area contributed by atoms with Gasteiger partial charge in [0.05, 0.1) is 19.8 Å². The highest BCUT2D eigenvalue weighted by Gasteiger charge is 2.18. The average Bonchev–Trinajstić information content (AvgIpc) is 2.96. The molecule has 0 saturated carbocycles. The van der Waals surface area contributed by atoms with Crippen molar-refractivity contribution in [1.82, 2.24) is 0 Å². The number of hydrogen-bond donors (Lipinski definition) is 0. The summed E-state index contributed by atoms with van der Waals surface area (Å²) in [5.41, 5.74) is 4.78.